The highest BCUT2D eigenvalue weighted by Gasteiger charge is 2.23. The van der Waals surface area contributed by atoms with Crippen molar-refractivity contribution in [3.63, 3.8) is 0 Å². The van der Waals surface area contributed by atoms with Crippen LogP contribution in [0, 0.1) is 0 Å². The van der Waals surface area contributed by atoms with Gasteiger partial charge in [0, 0.05) is 28.0 Å². The molecule has 0 radical (unpaired) electrons. The number of ether oxygens (including phenoxy) is 1. The Bertz CT molecular complexity index is 837. The van der Waals surface area contributed by atoms with Crippen LogP contribution in [0.5, 0.6) is 0 Å². The molecule has 0 saturated carbocycles. The number of carbonyl (C=O) groups excluding carboxylic acids is 1. The SMILES string of the molecule is CCn1c(C(=O)OC)c(-c2ccccc2)c2cc(Cl)ccc21. The minimum atomic E-state index is -0.340. The van der Waals surface area contributed by atoms with E-state index in [1.807, 2.05) is 60.0 Å². The third-order valence-corrected chi connectivity index (χ3v) is 4.02. The highest BCUT2D eigenvalue weighted by molar-refractivity contribution is 6.31. The first-order chi connectivity index (χ1) is 10.7. The zero-order valence-electron chi connectivity index (χ0n) is 12.5. The van der Waals surface area contributed by atoms with Crippen molar-refractivity contribution in [1.82, 2.24) is 4.57 Å². The number of aryl methyl sites for hydroxylation is 1. The Kier molecular flexibility index (Phi) is 3.90. The van der Waals surface area contributed by atoms with Crippen LogP contribution in [0.4, 0.5) is 0 Å². The minimum Gasteiger partial charge on any atom is -0.464 e. The summed E-state index contributed by atoms with van der Waals surface area (Å²) in [6, 6.07) is 15.5. The lowest BCUT2D eigenvalue weighted by atomic mass is 10.0. The van der Waals surface area contributed by atoms with Crippen molar-refractivity contribution in [2.75, 3.05) is 7.11 Å². The Balaban J connectivity index is 2.46. The van der Waals surface area contributed by atoms with Crippen molar-refractivity contribution < 1.29 is 9.53 Å². The van der Waals surface area contributed by atoms with Crippen molar-refractivity contribution in [3.8, 4) is 11.1 Å². The van der Waals surface area contributed by atoms with Crippen LogP contribution >= 0.6 is 11.6 Å². The highest BCUT2D eigenvalue weighted by atomic mass is 35.5. The van der Waals surface area contributed by atoms with Crippen LogP contribution in [0.2, 0.25) is 5.02 Å². The molecule has 0 spiro atoms. The number of rotatable bonds is 3. The van der Waals surface area contributed by atoms with Gasteiger partial charge in [0.25, 0.3) is 0 Å². The van der Waals surface area contributed by atoms with Crippen LogP contribution in [-0.4, -0.2) is 17.6 Å². The summed E-state index contributed by atoms with van der Waals surface area (Å²) in [6.07, 6.45) is 0. The van der Waals surface area contributed by atoms with Gasteiger partial charge in [0.2, 0.25) is 0 Å². The Hall–Kier alpha value is -2.26. The number of benzene rings is 2. The summed E-state index contributed by atoms with van der Waals surface area (Å²) in [4.78, 5) is 12.4. The molecule has 0 aliphatic rings. The monoisotopic (exact) mass is 313 g/mol. The van der Waals surface area contributed by atoms with Crippen molar-refractivity contribution in [2.45, 2.75) is 13.5 Å². The van der Waals surface area contributed by atoms with E-state index in [-0.39, 0.29) is 5.97 Å². The quantitative estimate of drug-likeness (QED) is 0.652. The molecular formula is C18H16ClNO2. The number of carbonyl (C=O) groups is 1. The van der Waals surface area contributed by atoms with Gasteiger partial charge in [-0.25, -0.2) is 4.79 Å². The second kappa shape index (κ2) is 5.85. The molecule has 0 aliphatic carbocycles. The third-order valence-electron chi connectivity index (χ3n) is 3.78. The van der Waals surface area contributed by atoms with Gasteiger partial charge >= 0.3 is 5.97 Å². The number of nitrogens with zero attached hydrogens (tertiary/aromatic N) is 1. The number of esters is 1. The van der Waals surface area contributed by atoms with E-state index in [4.69, 9.17) is 16.3 Å². The summed E-state index contributed by atoms with van der Waals surface area (Å²) < 4.78 is 6.98. The summed E-state index contributed by atoms with van der Waals surface area (Å²) in [6.45, 7) is 2.69. The molecular weight excluding hydrogens is 298 g/mol. The van der Waals surface area contributed by atoms with Crippen LogP contribution in [0.3, 0.4) is 0 Å². The molecule has 3 aromatic rings. The largest absolute Gasteiger partial charge is 0.464 e. The van der Waals surface area contributed by atoms with Gasteiger partial charge in [0.15, 0.2) is 0 Å². The van der Waals surface area contributed by atoms with Gasteiger partial charge in [-0.3, -0.25) is 0 Å². The minimum absolute atomic E-state index is 0.340. The second-order valence-electron chi connectivity index (χ2n) is 4.99. The van der Waals surface area contributed by atoms with Crippen LogP contribution in [0.25, 0.3) is 22.0 Å². The van der Waals surface area contributed by atoms with E-state index in [9.17, 15) is 4.79 Å². The molecule has 1 heterocycles. The van der Waals surface area contributed by atoms with Gasteiger partial charge in [0.05, 0.1) is 7.11 Å². The van der Waals surface area contributed by atoms with E-state index in [0.717, 1.165) is 22.0 Å². The summed E-state index contributed by atoms with van der Waals surface area (Å²) in [5, 5.41) is 1.61. The number of fused-ring (bicyclic) bond motifs is 1. The molecule has 3 nitrogen and oxygen atoms in total. The average molecular weight is 314 g/mol. The molecule has 22 heavy (non-hydrogen) atoms. The fourth-order valence-electron chi connectivity index (χ4n) is 2.86. The first kappa shape index (κ1) is 14.7. The molecule has 0 aliphatic heterocycles. The highest BCUT2D eigenvalue weighted by Crippen LogP contribution is 2.36. The normalized spacial score (nSPS) is 10.9. The summed E-state index contributed by atoms with van der Waals surface area (Å²) in [5.74, 6) is -0.340. The van der Waals surface area contributed by atoms with Gasteiger partial charge in [0.1, 0.15) is 5.69 Å². The Labute approximate surface area is 134 Å². The van der Waals surface area contributed by atoms with Gasteiger partial charge in [-0.1, -0.05) is 41.9 Å². The van der Waals surface area contributed by atoms with Crippen molar-refractivity contribution in [1.29, 1.82) is 0 Å². The zero-order chi connectivity index (χ0) is 15.7. The van der Waals surface area contributed by atoms with Crippen molar-refractivity contribution >= 4 is 28.5 Å². The number of aromatic nitrogens is 1. The molecule has 3 rings (SSSR count). The first-order valence-corrected chi connectivity index (χ1v) is 7.50. The average Bonchev–Trinajstić information content (AvgIpc) is 2.88. The van der Waals surface area contributed by atoms with Crippen LogP contribution in [-0.2, 0) is 11.3 Å². The summed E-state index contributed by atoms with van der Waals surface area (Å²) in [5.41, 5.74) is 3.38. The standard InChI is InChI=1S/C18H16ClNO2/c1-3-20-15-10-9-13(19)11-14(15)16(17(20)18(21)22-2)12-7-5-4-6-8-12/h4-11H,3H2,1-2H3. The van der Waals surface area contributed by atoms with E-state index in [1.165, 1.54) is 7.11 Å². The number of halogens is 1. The van der Waals surface area contributed by atoms with Gasteiger partial charge in [-0.2, -0.15) is 0 Å². The van der Waals surface area contributed by atoms with Crippen LogP contribution in [0.1, 0.15) is 17.4 Å². The maximum atomic E-state index is 12.4. The van der Waals surface area contributed by atoms with Gasteiger partial charge < -0.3 is 9.30 Å². The Morgan fingerprint density at radius 3 is 2.55 bits per heavy atom. The van der Waals surface area contributed by atoms with Gasteiger partial charge in [-0.05, 0) is 30.7 Å². The molecule has 0 fully saturated rings. The molecule has 0 unspecified atom stereocenters. The molecule has 0 N–H and O–H groups in total. The lowest BCUT2D eigenvalue weighted by Crippen LogP contribution is -2.10. The first-order valence-electron chi connectivity index (χ1n) is 7.12. The molecule has 1 aromatic heterocycles. The predicted molar refractivity (Wildman–Crippen MR) is 89.4 cm³/mol. The van der Waals surface area contributed by atoms with Crippen LogP contribution < -0.4 is 0 Å². The molecule has 2 aromatic carbocycles. The number of methoxy groups -OCH3 is 1. The maximum absolute atomic E-state index is 12.4. The molecule has 112 valence electrons. The van der Waals surface area contributed by atoms with Crippen molar-refractivity contribution in [2.24, 2.45) is 0 Å². The molecule has 0 atom stereocenters. The predicted octanol–water partition coefficient (Wildman–Crippen LogP) is 4.77. The van der Waals surface area contributed by atoms with Gasteiger partial charge in [-0.15, -0.1) is 0 Å². The molecule has 0 saturated heterocycles. The van der Waals surface area contributed by atoms with E-state index < -0.39 is 0 Å². The lowest BCUT2D eigenvalue weighted by Gasteiger charge is -2.08. The zero-order valence-corrected chi connectivity index (χ0v) is 13.2. The topological polar surface area (TPSA) is 31.2 Å². The molecule has 0 bridgehead atoms. The Morgan fingerprint density at radius 1 is 1.18 bits per heavy atom. The second-order valence-corrected chi connectivity index (χ2v) is 5.42. The van der Waals surface area contributed by atoms with E-state index in [2.05, 4.69) is 0 Å². The van der Waals surface area contributed by atoms with E-state index >= 15 is 0 Å². The summed E-state index contributed by atoms with van der Waals surface area (Å²) >= 11 is 6.17. The van der Waals surface area contributed by atoms with E-state index in [0.29, 0.717) is 17.3 Å². The van der Waals surface area contributed by atoms with E-state index in [1.54, 1.807) is 0 Å². The molecule has 4 heteroatoms. The smallest absolute Gasteiger partial charge is 0.355 e. The fraction of sp³-hybridized carbons (Fsp3) is 0.167. The fourth-order valence-corrected chi connectivity index (χ4v) is 3.03. The molecule has 0 amide bonds. The lowest BCUT2D eigenvalue weighted by molar-refractivity contribution is 0.0590. The van der Waals surface area contributed by atoms with Crippen LogP contribution in [0.15, 0.2) is 48.5 Å². The maximum Gasteiger partial charge on any atom is 0.355 e. The summed E-state index contributed by atoms with van der Waals surface area (Å²) in [7, 11) is 1.40. The number of hydrogen-bond donors (Lipinski definition) is 0. The number of hydrogen-bond acceptors (Lipinski definition) is 2. The van der Waals surface area contributed by atoms with Crippen molar-refractivity contribution in [3.05, 3.63) is 59.2 Å². The third kappa shape index (κ3) is 2.28. The Morgan fingerprint density at radius 2 is 1.91 bits per heavy atom.